The fraction of sp³-hybridized carbons (Fsp3) is 0.302. The van der Waals surface area contributed by atoms with E-state index in [1.165, 1.54) is 46.2 Å². The Kier molecular flexibility index (Phi) is 16.4. The lowest BCUT2D eigenvalue weighted by molar-refractivity contribution is -0.0568. The number of nitrogen functional groups attached to an aromatic ring is 2. The minimum atomic E-state index is -4.25. The van der Waals surface area contributed by atoms with Gasteiger partial charge in [0.2, 0.25) is 0 Å². The number of alkyl halides is 2. The lowest BCUT2D eigenvalue weighted by Gasteiger charge is -2.26. The zero-order valence-corrected chi connectivity index (χ0v) is 47.3. The predicted molar refractivity (Wildman–Crippen MR) is 305 cm³/mol. The van der Waals surface area contributed by atoms with Crippen molar-refractivity contribution in [3.8, 4) is 34.0 Å². The number of hydrogen-bond donors (Lipinski definition) is 2. The smallest absolute Gasteiger partial charge is 0.343 e. The summed E-state index contributed by atoms with van der Waals surface area (Å²) in [5.41, 5.74) is 19.9. The zero-order chi connectivity index (χ0) is 58.1. The van der Waals surface area contributed by atoms with Crippen LogP contribution in [0.15, 0.2) is 122 Å². The predicted octanol–water partition coefficient (Wildman–Crippen LogP) is 7.12. The van der Waals surface area contributed by atoms with Gasteiger partial charge in [-0.3, -0.25) is 18.2 Å². The lowest BCUT2D eigenvalue weighted by Crippen LogP contribution is -2.35. The monoisotopic (exact) mass is 1200 g/mol. The van der Waals surface area contributed by atoms with Crippen molar-refractivity contribution in [1.29, 1.82) is 0 Å². The number of thioether (sulfide) groups is 1. The zero-order valence-electron chi connectivity index (χ0n) is 44.7. The standard InChI is InChI=1S/C53H51BF2N14O11P2S/c1-67-20-31-6-2-3-7-34(31)44-41(35-8-4-5-9-36(35)67)65-66-70(44)18-19-75-32-16-12-30(13-17-32)53(71)77-33-14-10-29(11-15-33)23-84-28-74-21-37-46(40(56)52(78-37)69-27-64-43-48(58)60-25-62-50(43)69)81-83(54,73)76-22-38-45(80-82-72)39(55)51(79-38)68-26-63-42-47(57)59-24-61-49(42)68/h2-17,24-27,37-40,45-46,51-52H,18-23,28,54H2,1H3,(H2,57,59,61)(H2,58,60,62)/t37-,38-,39-,40-,45-,46-,51-,52-,83?/m1/s1. The van der Waals surface area contributed by atoms with Crippen LogP contribution < -0.4 is 25.8 Å². The second kappa shape index (κ2) is 24.4. The van der Waals surface area contributed by atoms with Crippen LogP contribution in [0.25, 0.3) is 44.8 Å². The first-order valence-electron chi connectivity index (χ1n) is 26.2. The van der Waals surface area contributed by atoms with E-state index < -0.39 is 78.0 Å². The van der Waals surface area contributed by atoms with Crippen molar-refractivity contribution in [2.75, 3.05) is 49.2 Å². The third-order valence-electron chi connectivity index (χ3n) is 14.3. The third-order valence-corrected chi connectivity index (χ3v) is 16.8. The highest BCUT2D eigenvalue weighted by Gasteiger charge is 2.52. The van der Waals surface area contributed by atoms with Gasteiger partial charge < -0.3 is 49.1 Å². The van der Waals surface area contributed by atoms with Gasteiger partial charge in [-0.25, -0.2) is 52.7 Å². The second-order valence-corrected chi connectivity index (χ2v) is 23.1. The molecule has 25 nitrogen and oxygen atoms in total. The fourth-order valence-corrected chi connectivity index (χ4v) is 12.5. The van der Waals surface area contributed by atoms with E-state index in [0.717, 1.165) is 53.4 Å². The van der Waals surface area contributed by atoms with Crippen LogP contribution in [0.2, 0.25) is 0 Å². The number of hydrogen-bond acceptors (Lipinski definition) is 23. The van der Waals surface area contributed by atoms with Crippen LogP contribution in [0.4, 0.5) is 26.1 Å². The molecule has 2 fully saturated rings. The van der Waals surface area contributed by atoms with Gasteiger partial charge in [-0.1, -0.05) is 59.8 Å². The maximum atomic E-state index is 16.8. The van der Waals surface area contributed by atoms with E-state index in [2.05, 4.69) is 76.4 Å². The number of aromatic nitrogens is 11. The summed E-state index contributed by atoms with van der Waals surface area (Å²) >= 11 is 1.39. The van der Waals surface area contributed by atoms with Crippen LogP contribution in [0, 0.1) is 0 Å². The number of nitrogens with two attached hydrogens (primary N) is 2. The number of carbonyl (C=O) groups excluding carboxylic acids is 1. The quantitative estimate of drug-likeness (QED) is 0.0181. The maximum absolute atomic E-state index is 16.8. The highest BCUT2D eigenvalue weighted by molar-refractivity contribution is 7.98. The number of rotatable bonds is 21. The molecule has 9 aromatic rings. The Morgan fingerprint density at radius 3 is 2.12 bits per heavy atom. The largest absolute Gasteiger partial charge is 0.492 e. The third kappa shape index (κ3) is 11.6. The van der Waals surface area contributed by atoms with Crippen LogP contribution in [0.5, 0.6) is 11.5 Å². The van der Waals surface area contributed by atoms with Crippen molar-refractivity contribution >= 4 is 81.1 Å². The molecule has 0 spiro atoms. The second-order valence-electron chi connectivity index (χ2n) is 19.8. The Hall–Kier alpha value is -7.85. The summed E-state index contributed by atoms with van der Waals surface area (Å²) in [5.74, 6) is 1.07. The average Bonchev–Trinajstić information content (AvgIpc) is 3.66. The highest BCUT2D eigenvalue weighted by Crippen LogP contribution is 2.50. The number of esters is 1. The van der Waals surface area contributed by atoms with E-state index in [-0.39, 0.29) is 46.5 Å². The van der Waals surface area contributed by atoms with Crippen molar-refractivity contribution in [1.82, 2.24) is 54.0 Å². The molecule has 31 heteroatoms. The lowest BCUT2D eigenvalue weighted by atomic mass is 9.96. The molecule has 4 N–H and O–H groups in total. The van der Waals surface area contributed by atoms with Gasteiger partial charge in [0.05, 0.1) is 49.6 Å². The van der Waals surface area contributed by atoms with E-state index in [1.54, 1.807) is 36.4 Å². The van der Waals surface area contributed by atoms with Crippen LogP contribution in [0.1, 0.15) is 33.9 Å². The van der Waals surface area contributed by atoms with Crippen LogP contribution in [-0.2, 0) is 55.8 Å². The molecule has 5 aromatic heterocycles. The molecule has 0 bridgehead atoms. The number of ether oxygens (including phenoxy) is 5. The molecule has 4 aromatic carbocycles. The molecule has 3 aliphatic rings. The van der Waals surface area contributed by atoms with E-state index in [1.807, 2.05) is 41.1 Å². The molecule has 2 saturated heterocycles. The normalized spacial score (nSPS) is 21.9. The number of carbonyl (C=O) groups is 1. The molecule has 0 amide bonds. The van der Waals surface area contributed by atoms with Crippen molar-refractivity contribution in [3.05, 3.63) is 139 Å². The number of benzene rings is 4. The fourth-order valence-electron chi connectivity index (χ4n) is 10.3. The van der Waals surface area contributed by atoms with E-state index in [9.17, 15) is 13.9 Å². The van der Waals surface area contributed by atoms with Crippen LogP contribution in [-0.4, -0.2) is 137 Å². The Morgan fingerprint density at radius 1 is 0.798 bits per heavy atom. The molecule has 9 atom stereocenters. The van der Waals surface area contributed by atoms with Crippen LogP contribution in [0.3, 0.4) is 0 Å². The van der Waals surface area contributed by atoms with E-state index in [4.69, 9.17) is 48.7 Å². The van der Waals surface area contributed by atoms with Gasteiger partial charge in [0.1, 0.15) is 71.9 Å². The summed E-state index contributed by atoms with van der Waals surface area (Å²) in [7, 11) is -1.93. The Labute approximate surface area is 483 Å². The topological polar surface area (TPSA) is 298 Å². The molecule has 12 rings (SSSR count). The molecule has 3 aliphatic heterocycles. The molecule has 432 valence electrons. The minimum Gasteiger partial charge on any atom is -0.492 e. The Bertz CT molecular complexity index is 3910. The molecule has 0 saturated carbocycles. The van der Waals surface area contributed by atoms with Crippen molar-refractivity contribution < 1.29 is 60.0 Å². The van der Waals surface area contributed by atoms with Gasteiger partial charge in [0.15, 0.2) is 47.7 Å². The molecule has 0 aliphatic carbocycles. The van der Waals surface area contributed by atoms with Gasteiger partial charge >= 0.3 is 14.7 Å². The summed E-state index contributed by atoms with van der Waals surface area (Å²) in [6.45, 7) is 0.639. The van der Waals surface area contributed by atoms with E-state index in [0.29, 0.717) is 36.0 Å². The molecule has 1 unspecified atom stereocenters. The number of nitrogens with zero attached hydrogens (tertiary/aromatic N) is 12. The summed E-state index contributed by atoms with van der Waals surface area (Å²) < 4.78 is 110. The number of fused-ring (bicyclic) bond motifs is 7. The van der Waals surface area contributed by atoms with Crippen molar-refractivity contribution in [2.45, 2.75) is 68.1 Å². The average molecular weight is 1200 g/mol. The van der Waals surface area contributed by atoms with Gasteiger partial charge in [-0.2, -0.15) is 0 Å². The molecular weight excluding hydrogens is 1150 g/mol. The Morgan fingerprint density at radius 2 is 1.43 bits per heavy atom. The van der Waals surface area contributed by atoms with E-state index >= 15 is 8.78 Å². The molecule has 84 heavy (non-hydrogen) atoms. The van der Waals surface area contributed by atoms with Crippen molar-refractivity contribution in [2.24, 2.45) is 0 Å². The molecule has 8 heterocycles. The number of para-hydroxylation sites is 1. The maximum Gasteiger partial charge on any atom is 0.343 e. The highest BCUT2D eigenvalue weighted by atomic mass is 32.2. The summed E-state index contributed by atoms with van der Waals surface area (Å²) in [4.78, 5) is 40.0. The Balaban J connectivity index is 0.632. The summed E-state index contributed by atoms with van der Waals surface area (Å²) in [5, 5.41) is 9.19. The summed E-state index contributed by atoms with van der Waals surface area (Å²) in [6.07, 6.45) is -7.31. The SMILES string of the molecule is BP(=O)(OC[C@H]1O[C@@H](n2cnc3c(N)ncnc32)[C@H](F)[C@@H]1OP=O)O[C@H]1[C@@H](F)[C@H](n2cnc3c(N)ncnc32)O[C@@H]1COCSCc1ccc(OC(=O)c2ccc(OCCn3nnc4c3-c3ccccc3CN(C)c3ccccc3-4)cc2)cc1. The van der Waals surface area contributed by atoms with Crippen molar-refractivity contribution in [3.63, 3.8) is 0 Å². The number of halogens is 2. The molecule has 0 radical (unpaired) electrons. The molecular formula is C53H51BF2N14O11P2S. The first kappa shape index (κ1) is 56.6. The number of anilines is 3. The summed E-state index contributed by atoms with van der Waals surface area (Å²) in [6, 6.07) is 30.2. The van der Waals surface area contributed by atoms with Gasteiger partial charge in [0.25, 0.3) is 15.0 Å². The minimum absolute atomic E-state index is 0.0536. The number of imidazole rings is 2. The first-order chi connectivity index (χ1) is 40.8. The van der Waals surface area contributed by atoms with Gasteiger partial charge in [-0.15, -0.1) is 16.9 Å². The van der Waals surface area contributed by atoms with Gasteiger partial charge in [0, 0.05) is 36.2 Å². The van der Waals surface area contributed by atoms with Gasteiger partial charge in [-0.05, 0) is 53.6 Å². The van der Waals surface area contributed by atoms with Crippen LogP contribution >= 0.6 is 27.9 Å². The first-order valence-corrected chi connectivity index (χ1v) is 30.1.